The van der Waals surface area contributed by atoms with E-state index in [0.29, 0.717) is 46.8 Å². The van der Waals surface area contributed by atoms with E-state index in [1.54, 1.807) is 12.1 Å². The van der Waals surface area contributed by atoms with Gasteiger partial charge in [0, 0.05) is 47.9 Å². The van der Waals surface area contributed by atoms with Crippen LogP contribution in [0.15, 0.2) is 30.4 Å². The molecule has 0 fully saturated rings. The minimum Gasteiger partial charge on any atom is -0.478 e. The monoisotopic (exact) mass is 514 g/mol. The highest BCUT2D eigenvalue weighted by Crippen LogP contribution is 2.34. The zero-order valence-electron chi connectivity index (χ0n) is 21.1. The van der Waals surface area contributed by atoms with E-state index < -0.39 is 17.8 Å². The first-order valence-corrected chi connectivity index (χ1v) is 11.6. The lowest BCUT2D eigenvalue weighted by atomic mass is 10.0. The smallest absolute Gasteiger partial charge is 0.328 e. The number of aryl methyl sites for hydroxylation is 1. The summed E-state index contributed by atoms with van der Waals surface area (Å²) in [6, 6.07) is 4.20. The molecule has 1 aliphatic rings. The minimum atomic E-state index is -1.26. The number of anilines is 1. The number of carboxylic acid groups (broad SMARTS) is 2. The zero-order chi connectivity index (χ0) is 27.7. The number of likely N-dealkylation sites (N-methyl/N-ethyl adjacent to an activating group) is 1. The van der Waals surface area contributed by atoms with Gasteiger partial charge in [0.05, 0.1) is 11.1 Å². The Kier molecular flexibility index (Phi) is 10.3. The molecule has 0 aliphatic carbocycles. The van der Waals surface area contributed by atoms with Gasteiger partial charge in [-0.25, -0.2) is 14.0 Å². The maximum absolute atomic E-state index is 13.7. The van der Waals surface area contributed by atoms with E-state index in [1.807, 2.05) is 13.8 Å². The minimum absolute atomic E-state index is 0.143. The van der Waals surface area contributed by atoms with Crippen molar-refractivity contribution in [3.05, 3.63) is 64.2 Å². The molecule has 198 valence electrons. The van der Waals surface area contributed by atoms with Gasteiger partial charge in [-0.15, -0.1) is 0 Å². The SMILES string of the molecule is CCN(CC)CCNC(=O)c1c(C)[nH]c(/C=C2/C(=O)Nc3ccc(F)cc32)c1C.O=C(O)/C=C\C(=O)O. The maximum Gasteiger partial charge on any atom is 0.328 e. The summed E-state index contributed by atoms with van der Waals surface area (Å²) in [4.78, 5) is 49.6. The quantitative estimate of drug-likeness (QED) is 0.323. The lowest BCUT2D eigenvalue weighted by molar-refractivity contribution is -0.134. The Morgan fingerprint density at radius 1 is 1.08 bits per heavy atom. The summed E-state index contributed by atoms with van der Waals surface area (Å²) < 4.78 is 13.7. The predicted molar refractivity (Wildman–Crippen MR) is 138 cm³/mol. The molecule has 1 aromatic heterocycles. The third kappa shape index (κ3) is 7.87. The van der Waals surface area contributed by atoms with E-state index in [9.17, 15) is 23.6 Å². The Labute approximate surface area is 213 Å². The number of carbonyl (C=O) groups excluding carboxylic acids is 2. The maximum atomic E-state index is 13.7. The molecule has 1 aromatic carbocycles. The summed E-state index contributed by atoms with van der Waals surface area (Å²) in [7, 11) is 0. The van der Waals surface area contributed by atoms with Gasteiger partial charge >= 0.3 is 11.9 Å². The zero-order valence-corrected chi connectivity index (χ0v) is 21.1. The van der Waals surface area contributed by atoms with Crippen LogP contribution in [0.25, 0.3) is 11.6 Å². The molecule has 0 radical (unpaired) electrons. The van der Waals surface area contributed by atoms with Crippen LogP contribution in [0.5, 0.6) is 0 Å². The van der Waals surface area contributed by atoms with Crippen molar-refractivity contribution in [3.63, 3.8) is 0 Å². The number of carbonyl (C=O) groups is 4. The van der Waals surface area contributed by atoms with Crippen molar-refractivity contribution in [2.75, 3.05) is 31.5 Å². The molecule has 0 saturated heterocycles. The van der Waals surface area contributed by atoms with Crippen LogP contribution >= 0.6 is 0 Å². The van der Waals surface area contributed by atoms with Crippen molar-refractivity contribution in [2.45, 2.75) is 27.7 Å². The Balaban J connectivity index is 0.000000521. The van der Waals surface area contributed by atoms with Gasteiger partial charge < -0.3 is 30.7 Å². The number of benzene rings is 1. The first kappa shape index (κ1) is 29.0. The number of nitrogens with zero attached hydrogens (tertiary/aromatic N) is 1. The Morgan fingerprint density at radius 3 is 2.27 bits per heavy atom. The van der Waals surface area contributed by atoms with Crippen LogP contribution in [0.2, 0.25) is 0 Å². The molecule has 37 heavy (non-hydrogen) atoms. The second-order valence-corrected chi connectivity index (χ2v) is 8.16. The number of amides is 2. The van der Waals surface area contributed by atoms with Gasteiger partial charge in [-0.05, 0) is 56.8 Å². The average molecular weight is 515 g/mol. The number of carboxylic acids is 2. The molecule has 0 unspecified atom stereocenters. The number of fused-ring (bicyclic) bond motifs is 1. The molecule has 10 nitrogen and oxygen atoms in total. The molecule has 5 N–H and O–H groups in total. The summed E-state index contributed by atoms with van der Waals surface area (Å²) in [5.41, 5.74) is 4.20. The van der Waals surface area contributed by atoms with Crippen molar-refractivity contribution in [1.82, 2.24) is 15.2 Å². The average Bonchev–Trinajstić information content (AvgIpc) is 3.30. The predicted octanol–water partition coefficient (Wildman–Crippen LogP) is 3.05. The molecule has 11 heteroatoms. The lowest BCUT2D eigenvalue weighted by Gasteiger charge is -2.18. The molecule has 3 rings (SSSR count). The molecular formula is C26H31FN4O6. The third-order valence-corrected chi connectivity index (χ3v) is 5.73. The molecule has 0 bridgehead atoms. The number of aromatic amines is 1. The molecule has 0 atom stereocenters. The van der Waals surface area contributed by atoms with Crippen LogP contribution in [-0.4, -0.2) is 70.0 Å². The van der Waals surface area contributed by atoms with E-state index in [0.717, 1.165) is 30.9 Å². The van der Waals surface area contributed by atoms with Crippen molar-refractivity contribution in [3.8, 4) is 0 Å². The van der Waals surface area contributed by atoms with Crippen LogP contribution in [-0.2, 0) is 14.4 Å². The van der Waals surface area contributed by atoms with Gasteiger partial charge in [-0.3, -0.25) is 9.59 Å². The van der Waals surface area contributed by atoms with Gasteiger partial charge in [0.1, 0.15) is 5.82 Å². The van der Waals surface area contributed by atoms with Gasteiger partial charge in [0.2, 0.25) is 0 Å². The van der Waals surface area contributed by atoms with E-state index >= 15 is 0 Å². The largest absolute Gasteiger partial charge is 0.478 e. The van der Waals surface area contributed by atoms with E-state index in [2.05, 4.69) is 34.4 Å². The number of hydrogen-bond donors (Lipinski definition) is 5. The Bertz CT molecular complexity index is 1230. The number of aliphatic carboxylic acids is 2. The summed E-state index contributed by atoms with van der Waals surface area (Å²) in [5, 5.41) is 21.3. The van der Waals surface area contributed by atoms with Crippen LogP contribution in [0.3, 0.4) is 0 Å². The fourth-order valence-electron chi connectivity index (χ4n) is 3.81. The van der Waals surface area contributed by atoms with Crippen LogP contribution in [0.4, 0.5) is 10.1 Å². The van der Waals surface area contributed by atoms with Crippen LogP contribution < -0.4 is 10.6 Å². The number of rotatable bonds is 9. The number of nitrogens with one attached hydrogen (secondary N) is 3. The molecule has 2 amide bonds. The first-order valence-electron chi connectivity index (χ1n) is 11.6. The summed E-state index contributed by atoms with van der Waals surface area (Å²) in [5.74, 6) is -3.35. The molecule has 2 aromatic rings. The fraction of sp³-hybridized carbons (Fsp3) is 0.308. The van der Waals surface area contributed by atoms with Gasteiger partial charge in [0.25, 0.3) is 11.8 Å². The van der Waals surface area contributed by atoms with Crippen molar-refractivity contribution in [1.29, 1.82) is 0 Å². The normalized spacial score (nSPS) is 13.4. The summed E-state index contributed by atoms with van der Waals surface area (Å²) in [6.07, 6.45) is 2.79. The topological polar surface area (TPSA) is 152 Å². The highest BCUT2D eigenvalue weighted by molar-refractivity contribution is 6.34. The van der Waals surface area contributed by atoms with Gasteiger partial charge in [0.15, 0.2) is 0 Å². The molecule has 1 aliphatic heterocycles. The molecule has 0 spiro atoms. The molecular weight excluding hydrogens is 483 g/mol. The Morgan fingerprint density at radius 2 is 1.70 bits per heavy atom. The third-order valence-electron chi connectivity index (χ3n) is 5.73. The van der Waals surface area contributed by atoms with Crippen molar-refractivity contribution in [2.24, 2.45) is 0 Å². The second-order valence-electron chi connectivity index (χ2n) is 8.16. The second kappa shape index (κ2) is 13.2. The number of halogens is 1. The van der Waals surface area contributed by atoms with Crippen LogP contribution in [0.1, 0.15) is 46.7 Å². The number of H-pyrrole nitrogens is 1. The molecule has 2 heterocycles. The standard InChI is InChI=1S/C22H27FN4O2.C4H4O4/c1-5-27(6-2)10-9-24-22(29)20-13(3)19(25-14(20)4)12-17-16-11-15(23)7-8-18(16)26-21(17)28;5-3(6)1-2-4(7)8/h7-8,11-12,25H,5-6,9-10H2,1-4H3,(H,24,29)(H,26,28);1-2H,(H,5,6)(H,7,8)/b17-12+;2-1-. The highest BCUT2D eigenvalue weighted by Gasteiger charge is 2.26. The highest BCUT2D eigenvalue weighted by atomic mass is 19.1. The number of hydrogen-bond acceptors (Lipinski definition) is 5. The van der Waals surface area contributed by atoms with Gasteiger partial charge in [-0.1, -0.05) is 13.8 Å². The Hall–Kier alpha value is -4.25. The summed E-state index contributed by atoms with van der Waals surface area (Å²) in [6.45, 7) is 11.1. The molecule has 0 saturated carbocycles. The fourth-order valence-corrected chi connectivity index (χ4v) is 3.81. The van der Waals surface area contributed by atoms with Gasteiger partial charge in [-0.2, -0.15) is 0 Å². The van der Waals surface area contributed by atoms with Crippen molar-refractivity contribution < 1.29 is 33.8 Å². The number of aromatic nitrogens is 1. The van der Waals surface area contributed by atoms with E-state index in [-0.39, 0.29) is 11.8 Å². The van der Waals surface area contributed by atoms with E-state index in [4.69, 9.17) is 10.2 Å². The first-order chi connectivity index (χ1) is 17.5. The van der Waals surface area contributed by atoms with E-state index in [1.165, 1.54) is 12.1 Å². The van der Waals surface area contributed by atoms with Crippen molar-refractivity contribution >= 4 is 41.1 Å². The summed E-state index contributed by atoms with van der Waals surface area (Å²) >= 11 is 0. The lowest BCUT2D eigenvalue weighted by Crippen LogP contribution is -2.35. The van der Waals surface area contributed by atoms with Crippen LogP contribution in [0, 0.1) is 19.7 Å².